The lowest BCUT2D eigenvalue weighted by atomic mass is 9.76. The maximum absolute atomic E-state index is 12.0. The van der Waals surface area contributed by atoms with Gasteiger partial charge in [-0.15, -0.1) is 0 Å². The van der Waals surface area contributed by atoms with Crippen LogP contribution < -0.4 is 0 Å². The first-order valence-electron chi connectivity index (χ1n) is 6.25. The van der Waals surface area contributed by atoms with Crippen LogP contribution in [0.1, 0.15) is 51.9 Å². The molecule has 1 saturated carbocycles. The molecular weight excluding hydrogens is 220 g/mol. The van der Waals surface area contributed by atoms with Crippen molar-refractivity contribution in [3.05, 3.63) is 0 Å². The van der Waals surface area contributed by atoms with Crippen molar-refractivity contribution in [2.45, 2.75) is 51.9 Å². The van der Waals surface area contributed by atoms with Crippen molar-refractivity contribution < 1.29 is 19.5 Å². The van der Waals surface area contributed by atoms with Gasteiger partial charge in [0.1, 0.15) is 11.6 Å². The Morgan fingerprint density at radius 3 is 2.18 bits per heavy atom. The molecule has 0 spiro atoms. The number of carbonyl (C=O) groups excluding carboxylic acids is 2. The van der Waals surface area contributed by atoms with Gasteiger partial charge in [-0.2, -0.15) is 0 Å². The van der Waals surface area contributed by atoms with Crippen molar-refractivity contribution in [3.8, 4) is 0 Å². The number of carboxylic acid groups (broad SMARTS) is 1. The summed E-state index contributed by atoms with van der Waals surface area (Å²) < 4.78 is 0. The molecule has 17 heavy (non-hydrogen) atoms. The molecule has 0 aromatic carbocycles. The Labute approximate surface area is 101 Å². The van der Waals surface area contributed by atoms with E-state index in [-0.39, 0.29) is 29.8 Å². The van der Waals surface area contributed by atoms with Crippen molar-refractivity contribution in [2.24, 2.45) is 11.8 Å². The average molecular weight is 240 g/mol. The number of rotatable bonds is 6. The van der Waals surface area contributed by atoms with Crippen LogP contribution in [-0.2, 0) is 14.4 Å². The zero-order valence-corrected chi connectivity index (χ0v) is 10.3. The Balaban J connectivity index is 2.44. The molecule has 96 valence electrons. The lowest BCUT2D eigenvalue weighted by molar-refractivity contribution is -0.138. The van der Waals surface area contributed by atoms with Gasteiger partial charge in [0, 0.05) is 24.7 Å². The van der Waals surface area contributed by atoms with E-state index < -0.39 is 5.97 Å². The molecule has 1 aliphatic carbocycles. The van der Waals surface area contributed by atoms with Crippen LogP contribution in [-0.4, -0.2) is 22.6 Å². The molecule has 0 aliphatic heterocycles. The predicted molar refractivity (Wildman–Crippen MR) is 62.6 cm³/mol. The van der Waals surface area contributed by atoms with E-state index in [1.807, 2.05) is 0 Å². The second-order valence-corrected chi connectivity index (χ2v) is 4.90. The van der Waals surface area contributed by atoms with E-state index in [0.717, 1.165) is 19.3 Å². The molecule has 1 N–H and O–H groups in total. The molecular formula is C13H20O4. The monoisotopic (exact) mass is 240 g/mol. The molecule has 0 saturated heterocycles. The van der Waals surface area contributed by atoms with E-state index in [1.165, 1.54) is 6.92 Å². The molecule has 0 bridgehead atoms. The molecule has 0 heterocycles. The third kappa shape index (κ3) is 4.67. The SMILES string of the molecule is CC(=O)CC[C@H]1CCC[C@H](CCC(=O)O)C1=O. The Kier molecular flexibility index (Phi) is 5.32. The van der Waals surface area contributed by atoms with Gasteiger partial charge in [-0.25, -0.2) is 0 Å². The van der Waals surface area contributed by atoms with Gasteiger partial charge < -0.3 is 9.90 Å². The van der Waals surface area contributed by atoms with Gasteiger partial charge in [0.25, 0.3) is 0 Å². The second-order valence-electron chi connectivity index (χ2n) is 4.90. The average Bonchev–Trinajstić information content (AvgIpc) is 2.25. The lowest BCUT2D eigenvalue weighted by Gasteiger charge is -2.27. The summed E-state index contributed by atoms with van der Waals surface area (Å²) in [6, 6.07) is 0. The van der Waals surface area contributed by atoms with Crippen LogP contribution in [0.4, 0.5) is 0 Å². The molecule has 1 rings (SSSR count). The van der Waals surface area contributed by atoms with Crippen LogP contribution in [0, 0.1) is 11.8 Å². The quantitative estimate of drug-likeness (QED) is 0.772. The molecule has 1 fully saturated rings. The van der Waals surface area contributed by atoms with Crippen LogP contribution in [0.5, 0.6) is 0 Å². The number of Topliss-reactive ketones (excluding diaryl/α,β-unsaturated/α-hetero) is 2. The normalized spacial score (nSPS) is 24.6. The third-order valence-corrected chi connectivity index (χ3v) is 3.46. The molecule has 1 aliphatic rings. The number of aliphatic carboxylic acids is 1. The number of ketones is 2. The fraction of sp³-hybridized carbons (Fsp3) is 0.769. The predicted octanol–water partition coefficient (Wildman–Crippen LogP) is 2.21. The van der Waals surface area contributed by atoms with E-state index in [0.29, 0.717) is 19.3 Å². The summed E-state index contributed by atoms with van der Waals surface area (Å²) in [7, 11) is 0. The van der Waals surface area contributed by atoms with Gasteiger partial charge in [0.15, 0.2) is 0 Å². The summed E-state index contributed by atoms with van der Waals surface area (Å²) in [5, 5.41) is 8.62. The standard InChI is InChI=1S/C13H20O4/c1-9(14)5-6-10-3-2-4-11(13(10)17)7-8-12(15)16/h10-11H,2-8H2,1H3,(H,15,16)/t10-,11-/m1/s1. The van der Waals surface area contributed by atoms with E-state index in [2.05, 4.69) is 0 Å². The van der Waals surface area contributed by atoms with E-state index in [9.17, 15) is 14.4 Å². The van der Waals surface area contributed by atoms with Crippen molar-refractivity contribution in [1.82, 2.24) is 0 Å². The highest BCUT2D eigenvalue weighted by atomic mass is 16.4. The second kappa shape index (κ2) is 6.52. The summed E-state index contributed by atoms with van der Waals surface area (Å²) in [6.45, 7) is 1.54. The first-order chi connectivity index (χ1) is 8.00. The summed E-state index contributed by atoms with van der Waals surface area (Å²) in [4.78, 5) is 33.4. The minimum Gasteiger partial charge on any atom is -0.481 e. The first-order valence-corrected chi connectivity index (χ1v) is 6.25. The van der Waals surface area contributed by atoms with Crippen LogP contribution in [0.3, 0.4) is 0 Å². The maximum atomic E-state index is 12.0. The van der Waals surface area contributed by atoms with Crippen molar-refractivity contribution in [1.29, 1.82) is 0 Å². The third-order valence-electron chi connectivity index (χ3n) is 3.46. The zero-order chi connectivity index (χ0) is 12.8. The van der Waals surface area contributed by atoms with E-state index in [4.69, 9.17) is 5.11 Å². The summed E-state index contributed by atoms with van der Waals surface area (Å²) in [5.41, 5.74) is 0. The summed E-state index contributed by atoms with van der Waals surface area (Å²) in [5.74, 6) is -0.670. The molecule has 0 radical (unpaired) electrons. The molecule has 4 heteroatoms. The minimum absolute atomic E-state index is 0.0218. The Morgan fingerprint density at radius 1 is 1.18 bits per heavy atom. The fourth-order valence-corrected chi connectivity index (χ4v) is 2.48. The Hall–Kier alpha value is -1.19. The van der Waals surface area contributed by atoms with E-state index in [1.54, 1.807) is 0 Å². The number of hydrogen-bond acceptors (Lipinski definition) is 3. The van der Waals surface area contributed by atoms with Gasteiger partial charge in [-0.1, -0.05) is 6.42 Å². The van der Waals surface area contributed by atoms with Gasteiger partial charge in [0.2, 0.25) is 0 Å². The first kappa shape index (κ1) is 13.9. The van der Waals surface area contributed by atoms with Crippen LogP contribution in [0.25, 0.3) is 0 Å². The molecule has 0 unspecified atom stereocenters. The number of carbonyl (C=O) groups is 3. The topological polar surface area (TPSA) is 71.4 Å². The van der Waals surface area contributed by atoms with Crippen LogP contribution >= 0.6 is 0 Å². The highest BCUT2D eigenvalue weighted by Crippen LogP contribution is 2.31. The van der Waals surface area contributed by atoms with Gasteiger partial charge in [-0.05, 0) is 32.6 Å². The lowest BCUT2D eigenvalue weighted by Crippen LogP contribution is -2.29. The number of carboxylic acids is 1. The minimum atomic E-state index is -0.844. The summed E-state index contributed by atoms with van der Waals surface area (Å²) >= 11 is 0. The molecule has 0 aromatic heterocycles. The molecule has 2 atom stereocenters. The highest BCUT2D eigenvalue weighted by molar-refractivity contribution is 5.85. The van der Waals surface area contributed by atoms with Crippen molar-refractivity contribution in [3.63, 3.8) is 0 Å². The molecule has 4 nitrogen and oxygen atoms in total. The maximum Gasteiger partial charge on any atom is 0.303 e. The van der Waals surface area contributed by atoms with Gasteiger partial charge in [0.05, 0.1) is 0 Å². The van der Waals surface area contributed by atoms with E-state index >= 15 is 0 Å². The van der Waals surface area contributed by atoms with Gasteiger partial charge >= 0.3 is 5.97 Å². The summed E-state index contributed by atoms with van der Waals surface area (Å²) in [6.07, 6.45) is 4.25. The van der Waals surface area contributed by atoms with Crippen LogP contribution in [0.2, 0.25) is 0 Å². The molecule has 0 aromatic rings. The van der Waals surface area contributed by atoms with Crippen molar-refractivity contribution in [2.75, 3.05) is 0 Å². The largest absolute Gasteiger partial charge is 0.481 e. The van der Waals surface area contributed by atoms with Crippen molar-refractivity contribution >= 4 is 17.5 Å². The Morgan fingerprint density at radius 2 is 1.71 bits per heavy atom. The van der Waals surface area contributed by atoms with Crippen LogP contribution in [0.15, 0.2) is 0 Å². The van der Waals surface area contributed by atoms with Gasteiger partial charge in [-0.3, -0.25) is 9.59 Å². The number of hydrogen-bond donors (Lipinski definition) is 1. The fourth-order valence-electron chi connectivity index (χ4n) is 2.48. The smallest absolute Gasteiger partial charge is 0.303 e. The Bertz CT molecular complexity index is 281. The molecule has 0 amide bonds. The highest BCUT2D eigenvalue weighted by Gasteiger charge is 2.30. The zero-order valence-electron chi connectivity index (χ0n) is 10.3.